The highest BCUT2D eigenvalue weighted by Gasteiger charge is 2.30. The first-order valence-corrected chi connectivity index (χ1v) is 9.90. The van der Waals surface area contributed by atoms with Crippen molar-refractivity contribution in [2.75, 3.05) is 26.4 Å². The van der Waals surface area contributed by atoms with Gasteiger partial charge < -0.3 is 9.32 Å². The Hall–Kier alpha value is -1.57. The molecule has 8 heteroatoms. The molecular formula is C16H19ClN2O4S. The molecule has 1 aliphatic rings. The van der Waals surface area contributed by atoms with E-state index in [1.165, 1.54) is 10.6 Å². The minimum atomic E-state index is -3.21. The van der Waals surface area contributed by atoms with Gasteiger partial charge in [0.2, 0.25) is 10.0 Å². The second-order valence-electron chi connectivity index (χ2n) is 6.10. The Bertz CT molecular complexity index is 869. The van der Waals surface area contributed by atoms with Crippen LogP contribution in [0.1, 0.15) is 23.4 Å². The molecule has 2 aromatic rings. The van der Waals surface area contributed by atoms with Crippen LogP contribution in [0, 0.1) is 0 Å². The molecule has 6 nitrogen and oxygen atoms in total. The van der Waals surface area contributed by atoms with Gasteiger partial charge in [0.05, 0.1) is 6.26 Å². The van der Waals surface area contributed by atoms with Crippen LogP contribution >= 0.6 is 11.6 Å². The molecule has 0 atom stereocenters. The lowest BCUT2D eigenvalue weighted by Crippen LogP contribution is -2.46. The average Bonchev–Trinajstić information content (AvgIpc) is 2.95. The van der Waals surface area contributed by atoms with Gasteiger partial charge in [-0.1, -0.05) is 11.6 Å². The zero-order chi connectivity index (χ0) is 17.5. The summed E-state index contributed by atoms with van der Waals surface area (Å²) in [5.41, 5.74) is 0.620. The number of rotatable bonds is 3. The largest absolute Gasteiger partial charge is 0.451 e. The number of carbonyl (C=O) groups is 1. The maximum atomic E-state index is 12.6. The number of sulfonamides is 1. The molecule has 24 heavy (non-hydrogen) atoms. The van der Waals surface area contributed by atoms with Crippen LogP contribution < -0.4 is 0 Å². The predicted molar refractivity (Wildman–Crippen MR) is 92.8 cm³/mol. The molecular weight excluding hydrogens is 352 g/mol. The Morgan fingerprint density at radius 2 is 1.96 bits per heavy atom. The second kappa shape index (κ2) is 6.38. The summed E-state index contributed by atoms with van der Waals surface area (Å²) in [6.07, 6.45) is 2.42. The summed E-state index contributed by atoms with van der Waals surface area (Å²) >= 11 is 5.95. The van der Waals surface area contributed by atoms with Crippen LogP contribution in [0.2, 0.25) is 5.02 Å². The smallest absolute Gasteiger partial charge is 0.289 e. The van der Waals surface area contributed by atoms with Crippen molar-refractivity contribution in [1.82, 2.24) is 9.21 Å². The van der Waals surface area contributed by atoms with Crippen LogP contribution in [0.5, 0.6) is 0 Å². The molecule has 1 aromatic carbocycles. The number of likely N-dealkylation sites (tertiary alicyclic amines) is 1. The van der Waals surface area contributed by atoms with Gasteiger partial charge in [-0.3, -0.25) is 4.79 Å². The fourth-order valence-electron chi connectivity index (χ4n) is 2.98. The lowest BCUT2D eigenvalue weighted by molar-refractivity contribution is 0.0657. The van der Waals surface area contributed by atoms with Crippen molar-refractivity contribution in [3.63, 3.8) is 0 Å². The molecule has 0 unspecified atom stereocenters. The maximum absolute atomic E-state index is 12.6. The molecule has 0 spiro atoms. The minimum Gasteiger partial charge on any atom is -0.451 e. The normalized spacial score (nSPS) is 16.9. The first-order chi connectivity index (χ1) is 11.3. The van der Waals surface area contributed by atoms with Crippen LogP contribution in [0.15, 0.2) is 28.7 Å². The van der Waals surface area contributed by atoms with Crippen molar-refractivity contribution in [1.29, 1.82) is 0 Å². The van der Waals surface area contributed by atoms with Crippen molar-refractivity contribution in [3.05, 3.63) is 35.0 Å². The third kappa shape index (κ3) is 3.43. The summed E-state index contributed by atoms with van der Waals surface area (Å²) in [6, 6.07) is 6.83. The number of halogens is 1. The first kappa shape index (κ1) is 17.3. The van der Waals surface area contributed by atoms with Crippen molar-refractivity contribution in [2.24, 2.45) is 0 Å². The van der Waals surface area contributed by atoms with E-state index in [-0.39, 0.29) is 17.7 Å². The van der Waals surface area contributed by atoms with Gasteiger partial charge in [0.25, 0.3) is 5.91 Å². The zero-order valence-electron chi connectivity index (χ0n) is 13.5. The Morgan fingerprint density at radius 1 is 1.29 bits per heavy atom. The standard InChI is InChI=1S/C16H19ClN2O4S/c1-18(24(2,21)22)13-5-7-19(8-6-13)16(20)15-10-11-9-12(17)3-4-14(11)23-15/h3-4,9-10,13H,5-8H2,1-2H3. The van der Waals surface area contributed by atoms with Gasteiger partial charge in [-0.25, -0.2) is 12.7 Å². The number of furan rings is 1. The number of hydrogen-bond acceptors (Lipinski definition) is 4. The monoisotopic (exact) mass is 370 g/mol. The van der Waals surface area contributed by atoms with Gasteiger partial charge in [-0.2, -0.15) is 0 Å². The average molecular weight is 371 g/mol. The Morgan fingerprint density at radius 3 is 2.58 bits per heavy atom. The lowest BCUT2D eigenvalue weighted by Gasteiger charge is -2.35. The third-order valence-electron chi connectivity index (χ3n) is 4.48. The molecule has 0 N–H and O–H groups in total. The number of nitrogens with zero attached hydrogens (tertiary/aromatic N) is 2. The van der Waals surface area contributed by atoms with Crippen molar-refractivity contribution in [2.45, 2.75) is 18.9 Å². The molecule has 1 saturated heterocycles. The van der Waals surface area contributed by atoms with E-state index in [2.05, 4.69) is 0 Å². The number of fused-ring (bicyclic) bond motifs is 1. The quantitative estimate of drug-likeness (QED) is 0.832. The van der Waals surface area contributed by atoms with Crippen LogP contribution in [0.3, 0.4) is 0 Å². The SMILES string of the molecule is CN(C1CCN(C(=O)c2cc3cc(Cl)ccc3o2)CC1)S(C)(=O)=O. The van der Waals surface area contributed by atoms with E-state index in [9.17, 15) is 13.2 Å². The number of hydrogen-bond donors (Lipinski definition) is 0. The molecule has 1 aliphatic heterocycles. The lowest BCUT2D eigenvalue weighted by atomic mass is 10.1. The molecule has 0 saturated carbocycles. The van der Waals surface area contributed by atoms with E-state index in [1.807, 2.05) is 0 Å². The Balaban J connectivity index is 1.70. The molecule has 1 amide bonds. The van der Waals surface area contributed by atoms with E-state index in [0.717, 1.165) is 5.39 Å². The fraction of sp³-hybridized carbons (Fsp3) is 0.438. The van der Waals surface area contributed by atoms with Gasteiger partial charge in [0.15, 0.2) is 5.76 Å². The molecule has 0 bridgehead atoms. The first-order valence-electron chi connectivity index (χ1n) is 7.67. The molecule has 2 heterocycles. The summed E-state index contributed by atoms with van der Waals surface area (Å²) in [7, 11) is -1.63. The zero-order valence-corrected chi connectivity index (χ0v) is 15.1. The van der Waals surface area contributed by atoms with Gasteiger partial charge in [0, 0.05) is 36.6 Å². The molecule has 0 aliphatic carbocycles. The minimum absolute atomic E-state index is 0.0708. The van der Waals surface area contributed by atoms with Crippen molar-refractivity contribution >= 4 is 38.5 Å². The number of benzene rings is 1. The summed E-state index contributed by atoms with van der Waals surface area (Å²) in [5, 5.41) is 1.38. The van der Waals surface area contributed by atoms with Crippen molar-refractivity contribution in [3.8, 4) is 0 Å². The van der Waals surface area contributed by atoms with Crippen LogP contribution in [0.25, 0.3) is 11.0 Å². The van der Waals surface area contributed by atoms with E-state index in [1.54, 1.807) is 36.2 Å². The second-order valence-corrected chi connectivity index (χ2v) is 8.57. The molecule has 130 valence electrons. The summed E-state index contributed by atoms with van der Waals surface area (Å²) < 4.78 is 30.2. The summed E-state index contributed by atoms with van der Waals surface area (Å²) in [5.74, 6) is 0.102. The topological polar surface area (TPSA) is 70.8 Å². The van der Waals surface area contributed by atoms with E-state index < -0.39 is 10.0 Å². The van der Waals surface area contributed by atoms with E-state index >= 15 is 0 Å². The maximum Gasteiger partial charge on any atom is 0.289 e. The highest BCUT2D eigenvalue weighted by Crippen LogP contribution is 2.25. The van der Waals surface area contributed by atoms with Crippen molar-refractivity contribution < 1.29 is 17.6 Å². The van der Waals surface area contributed by atoms with Crippen LogP contribution in [-0.4, -0.2) is 56.0 Å². The van der Waals surface area contributed by atoms with E-state index in [0.29, 0.717) is 36.5 Å². The third-order valence-corrected chi connectivity index (χ3v) is 6.06. The fourth-order valence-corrected chi connectivity index (χ4v) is 3.91. The van der Waals surface area contributed by atoms with E-state index in [4.69, 9.17) is 16.0 Å². The Kier molecular flexibility index (Phi) is 4.59. The highest BCUT2D eigenvalue weighted by atomic mass is 35.5. The number of amides is 1. The van der Waals surface area contributed by atoms with Gasteiger partial charge in [0.1, 0.15) is 5.58 Å². The predicted octanol–water partition coefficient (Wildman–Crippen LogP) is 2.58. The van der Waals surface area contributed by atoms with Gasteiger partial charge in [-0.05, 0) is 37.1 Å². The molecule has 1 fully saturated rings. The molecule has 0 radical (unpaired) electrons. The Labute approximate surface area is 146 Å². The summed E-state index contributed by atoms with van der Waals surface area (Å²) in [6.45, 7) is 1.00. The number of carbonyl (C=O) groups excluding carboxylic acids is 1. The molecule has 3 rings (SSSR count). The highest BCUT2D eigenvalue weighted by molar-refractivity contribution is 7.88. The van der Waals surface area contributed by atoms with Crippen LogP contribution in [-0.2, 0) is 10.0 Å². The summed E-state index contributed by atoms with van der Waals surface area (Å²) in [4.78, 5) is 14.3. The van der Waals surface area contributed by atoms with Gasteiger partial charge in [-0.15, -0.1) is 0 Å². The van der Waals surface area contributed by atoms with Gasteiger partial charge >= 0.3 is 0 Å². The molecule has 1 aromatic heterocycles. The number of piperidine rings is 1. The van der Waals surface area contributed by atoms with Crippen LogP contribution in [0.4, 0.5) is 0 Å².